The number of carbonyl (C=O) groups is 2. The van der Waals surface area contributed by atoms with Gasteiger partial charge in [-0.2, -0.15) is 0 Å². The van der Waals surface area contributed by atoms with E-state index in [0.29, 0.717) is 13.0 Å². The Hall–Kier alpha value is -1.10. The highest BCUT2D eigenvalue weighted by molar-refractivity contribution is 5.86. The van der Waals surface area contributed by atoms with Crippen molar-refractivity contribution in [3.05, 3.63) is 0 Å². The van der Waals surface area contributed by atoms with Crippen molar-refractivity contribution >= 4 is 11.9 Å². The predicted octanol–water partition coefficient (Wildman–Crippen LogP) is 0.433. The van der Waals surface area contributed by atoms with Gasteiger partial charge < -0.3 is 14.4 Å². The molecule has 1 atom stereocenters. The number of rotatable bonds is 3. The van der Waals surface area contributed by atoms with Crippen molar-refractivity contribution in [2.75, 3.05) is 27.4 Å². The Bertz CT molecular complexity index is 288. The molecule has 1 unspecified atom stereocenters. The van der Waals surface area contributed by atoms with Crippen molar-refractivity contribution < 1.29 is 19.1 Å². The van der Waals surface area contributed by atoms with Crippen LogP contribution < -0.4 is 0 Å². The summed E-state index contributed by atoms with van der Waals surface area (Å²) in [7, 11) is 2.80. The molecule has 1 saturated heterocycles. The van der Waals surface area contributed by atoms with Crippen molar-refractivity contribution in [1.82, 2.24) is 4.90 Å². The lowest BCUT2D eigenvalue weighted by molar-refractivity contribution is -0.152. The van der Waals surface area contributed by atoms with Crippen LogP contribution in [-0.4, -0.2) is 50.2 Å². The average Bonchev–Trinajstić information content (AvgIpc) is 2.54. The lowest BCUT2D eigenvalue weighted by Crippen LogP contribution is -2.42. The van der Waals surface area contributed by atoms with Crippen molar-refractivity contribution in [2.45, 2.75) is 26.3 Å². The number of ether oxygens (including phenoxy) is 2. The van der Waals surface area contributed by atoms with Gasteiger partial charge in [-0.05, 0) is 11.8 Å². The highest BCUT2D eigenvalue weighted by Gasteiger charge is 2.43. The van der Waals surface area contributed by atoms with Gasteiger partial charge in [-0.1, -0.05) is 13.8 Å². The summed E-state index contributed by atoms with van der Waals surface area (Å²) in [6.07, 6.45) is 0.634. The number of likely N-dealkylation sites (tertiary alicyclic amines) is 1. The summed E-state index contributed by atoms with van der Waals surface area (Å²) in [4.78, 5) is 24.9. The highest BCUT2D eigenvalue weighted by Crippen LogP contribution is 2.34. The molecular weight excluding hydrogens is 210 g/mol. The fraction of sp³-hybridized carbons (Fsp3) is 0.818. The molecule has 0 aromatic heterocycles. The molecule has 1 rings (SSSR count). The molecule has 0 spiro atoms. The number of amides is 1. The smallest absolute Gasteiger partial charge is 0.328 e. The Labute approximate surface area is 95.7 Å². The molecule has 5 nitrogen and oxygen atoms in total. The van der Waals surface area contributed by atoms with E-state index in [1.54, 1.807) is 4.90 Å². The molecule has 0 aromatic rings. The van der Waals surface area contributed by atoms with E-state index in [2.05, 4.69) is 0 Å². The second kappa shape index (κ2) is 4.82. The normalized spacial score (nSPS) is 23.2. The first-order valence-corrected chi connectivity index (χ1v) is 5.27. The van der Waals surface area contributed by atoms with Gasteiger partial charge in [0.05, 0.1) is 7.11 Å². The molecular formula is C11H19NO4. The first kappa shape index (κ1) is 13.0. The minimum absolute atomic E-state index is 0.00355. The fourth-order valence-corrected chi connectivity index (χ4v) is 2.08. The Morgan fingerprint density at radius 2 is 2.00 bits per heavy atom. The minimum atomic E-state index is -0.470. The number of hydrogen-bond donors (Lipinski definition) is 0. The van der Waals surface area contributed by atoms with Gasteiger partial charge in [0.25, 0.3) is 0 Å². The Balaban J connectivity index is 2.80. The molecule has 0 aliphatic carbocycles. The lowest BCUT2D eigenvalue weighted by Gasteiger charge is -2.22. The lowest BCUT2D eigenvalue weighted by atomic mass is 9.91. The van der Waals surface area contributed by atoms with Crippen LogP contribution in [0.3, 0.4) is 0 Å². The monoisotopic (exact) mass is 229 g/mol. The average molecular weight is 229 g/mol. The molecule has 92 valence electrons. The van der Waals surface area contributed by atoms with Crippen molar-refractivity contribution in [2.24, 2.45) is 5.41 Å². The molecule has 1 aliphatic rings. The van der Waals surface area contributed by atoms with E-state index in [1.807, 2.05) is 13.8 Å². The van der Waals surface area contributed by atoms with Crippen LogP contribution in [0.5, 0.6) is 0 Å². The van der Waals surface area contributed by atoms with Gasteiger partial charge in [0.15, 0.2) is 0 Å². The molecule has 0 aromatic carbocycles. The minimum Gasteiger partial charge on any atom is -0.467 e. The predicted molar refractivity (Wildman–Crippen MR) is 57.8 cm³/mol. The molecule has 1 aliphatic heterocycles. The van der Waals surface area contributed by atoms with E-state index in [0.717, 1.165) is 0 Å². The molecule has 16 heavy (non-hydrogen) atoms. The maximum Gasteiger partial charge on any atom is 0.328 e. The maximum atomic E-state index is 11.8. The van der Waals surface area contributed by atoms with E-state index < -0.39 is 6.04 Å². The van der Waals surface area contributed by atoms with Gasteiger partial charge in [-0.15, -0.1) is 0 Å². The molecule has 5 heteroatoms. The molecule has 0 saturated carbocycles. The maximum absolute atomic E-state index is 11.8. The number of esters is 1. The first-order valence-electron chi connectivity index (χ1n) is 5.27. The van der Waals surface area contributed by atoms with Crippen LogP contribution in [0.15, 0.2) is 0 Å². The van der Waals surface area contributed by atoms with Gasteiger partial charge >= 0.3 is 5.97 Å². The van der Waals surface area contributed by atoms with Crippen molar-refractivity contribution in [1.29, 1.82) is 0 Å². The van der Waals surface area contributed by atoms with Crippen LogP contribution in [0.4, 0.5) is 0 Å². The summed E-state index contributed by atoms with van der Waals surface area (Å²) in [5, 5.41) is 0. The molecule has 0 bridgehead atoms. The van der Waals surface area contributed by atoms with E-state index in [-0.39, 0.29) is 23.9 Å². The Morgan fingerprint density at radius 3 is 2.50 bits per heavy atom. The van der Waals surface area contributed by atoms with E-state index in [4.69, 9.17) is 9.47 Å². The number of methoxy groups -OCH3 is 2. The van der Waals surface area contributed by atoms with Crippen LogP contribution in [0, 0.1) is 5.41 Å². The third kappa shape index (κ3) is 2.72. The number of nitrogens with zero attached hydrogens (tertiary/aromatic N) is 1. The summed E-state index contributed by atoms with van der Waals surface area (Å²) < 4.78 is 9.51. The second-order valence-electron chi connectivity index (χ2n) is 4.86. The van der Waals surface area contributed by atoms with E-state index in [1.165, 1.54) is 14.2 Å². The molecule has 1 heterocycles. The summed E-state index contributed by atoms with van der Waals surface area (Å²) in [5.41, 5.74) is -0.0533. The van der Waals surface area contributed by atoms with Crippen LogP contribution in [0.1, 0.15) is 20.3 Å². The van der Waals surface area contributed by atoms with Crippen LogP contribution in [0.2, 0.25) is 0 Å². The SMILES string of the molecule is COCC(=O)N1CC(C)(C)CC1C(=O)OC. The largest absolute Gasteiger partial charge is 0.467 e. The third-order valence-corrected chi connectivity index (χ3v) is 2.78. The summed E-state index contributed by atoms with van der Waals surface area (Å²) in [5.74, 6) is -0.515. The van der Waals surface area contributed by atoms with Crippen LogP contribution in [-0.2, 0) is 19.1 Å². The zero-order valence-corrected chi connectivity index (χ0v) is 10.3. The third-order valence-electron chi connectivity index (χ3n) is 2.78. The van der Waals surface area contributed by atoms with Crippen LogP contribution >= 0.6 is 0 Å². The fourth-order valence-electron chi connectivity index (χ4n) is 2.08. The standard InChI is InChI=1S/C11H19NO4/c1-11(2)5-8(10(14)16-4)12(7-11)9(13)6-15-3/h8H,5-7H2,1-4H3. The van der Waals surface area contributed by atoms with E-state index in [9.17, 15) is 9.59 Å². The van der Waals surface area contributed by atoms with Gasteiger partial charge in [0.2, 0.25) is 5.91 Å². The van der Waals surface area contributed by atoms with Crippen molar-refractivity contribution in [3.63, 3.8) is 0 Å². The van der Waals surface area contributed by atoms with Gasteiger partial charge in [0, 0.05) is 13.7 Å². The van der Waals surface area contributed by atoms with Gasteiger partial charge in [-0.25, -0.2) is 4.79 Å². The summed E-state index contributed by atoms with van der Waals surface area (Å²) >= 11 is 0. The molecule has 1 amide bonds. The molecule has 0 N–H and O–H groups in total. The Kier molecular flexibility index (Phi) is 3.91. The summed E-state index contributed by atoms with van der Waals surface area (Å²) in [6.45, 7) is 4.63. The topological polar surface area (TPSA) is 55.8 Å². The van der Waals surface area contributed by atoms with Gasteiger partial charge in [-0.3, -0.25) is 4.79 Å². The van der Waals surface area contributed by atoms with Gasteiger partial charge in [0.1, 0.15) is 12.6 Å². The first-order chi connectivity index (χ1) is 7.41. The second-order valence-corrected chi connectivity index (χ2v) is 4.86. The Morgan fingerprint density at radius 1 is 1.38 bits per heavy atom. The number of hydrogen-bond acceptors (Lipinski definition) is 4. The van der Waals surface area contributed by atoms with E-state index >= 15 is 0 Å². The zero-order valence-electron chi connectivity index (χ0n) is 10.3. The summed E-state index contributed by atoms with van der Waals surface area (Å²) in [6, 6.07) is -0.470. The molecule has 1 fully saturated rings. The van der Waals surface area contributed by atoms with Crippen molar-refractivity contribution in [3.8, 4) is 0 Å². The molecule has 0 radical (unpaired) electrons. The highest BCUT2D eigenvalue weighted by atomic mass is 16.5. The number of carbonyl (C=O) groups excluding carboxylic acids is 2. The zero-order chi connectivity index (χ0) is 12.3. The van der Waals surface area contributed by atoms with Crippen LogP contribution in [0.25, 0.3) is 0 Å². The quantitative estimate of drug-likeness (QED) is 0.659.